The zero-order valence-electron chi connectivity index (χ0n) is 21.2. The van der Waals surface area contributed by atoms with Crippen molar-refractivity contribution < 1.29 is 17.1 Å². The number of carbonyl (C=O) groups is 1. The summed E-state index contributed by atoms with van der Waals surface area (Å²) in [6, 6.07) is 20.2. The molecule has 9 nitrogen and oxygen atoms in total. The van der Waals surface area contributed by atoms with Gasteiger partial charge in [0.1, 0.15) is 5.66 Å². The maximum Gasteiger partial charge on any atom is 0.332 e. The predicted molar refractivity (Wildman–Crippen MR) is 147 cm³/mol. The Balaban J connectivity index is 1.59. The number of benzene rings is 3. The Kier molecular flexibility index (Phi) is 7.23. The van der Waals surface area contributed by atoms with Crippen LogP contribution in [0.2, 0.25) is 0 Å². The van der Waals surface area contributed by atoms with Crippen molar-refractivity contribution in [1.82, 2.24) is 0 Å². The second-order valence-corrected chi connectivity index (χ2v) is 10.8. The van der Waals surface area contributed by atoms with Crippen LogP contribution in [0.25, 0.3) is 0 Å². The number of nitrogens with one attached hydrogen (secondary N) is 1. The highest BCUT2D eigenvalue weighted by atomic mass is 32.3. The Hall–Kier alpha value is -4.25. The largest absolute Gasteiger partial charge is 0.369 e. The Morgan fingerprint density at radius 3 is 2.24 bits per heavy atom. The molecular weight excluding hydrogens is 507 g/mol. The van der Waals surface area contributed by atoms with E-state index in [-0.39, 0.29) is 17.8 Å². The molecule has 4 rings (SSSR count). The van der Waals surface area contributed by atoms with E-state index < -0.39 is 26.7 Å². The minimum Gasteiger partial charge on any atom is -0.369 e. The minimum absolute atomic E-state index is 0.119. The monoisotopic (exact) mass is 536 g/mol. The zero-order valence-corrected chi connectivity index (χ0v) is 22.0. The van der Waals surface area contributed by atoms with Gasteiger partial charge in [-0.25, -0.2) is 4.99 Å². The summed E-state index contributed by atoms with van der Waals surface area (Å²) in [7, 11) is -4.82. The number of aliphatic imine (C=N–C) groups is 2. The van der Waals surface area contributed by atoms with E-state index in [1.54, 1.807) is 4.90 Å². The SMILES string of the molecule is Cc1ccccc1[C@@H](Cc1ccc(N2C(N)=NC(N)=NC2(C)C)cc1)C(=O)Nc1ccc(S(=O)(=O)F)cc1. The van der Waals surface area contributed by atoms with Crippen molar-refractivity contribution in [3.8, 4) is 0 Å². The number of hydrogen-bond acceptors (Lipinski definition) is 8. The lowest BCUT2D eigenvalue weighted by Gasteiger charge is -2.38. The van der Waals surface area contributed by atoms with Crippen molar-refractivity contribution >= 4 is 39.4 Å². The van der Waals surface area contributed by atoms with Gasteiger partial charge in [-0.2, -0.15) is 13.4 Å². The number of anilines is 2. The van der Waals surface area contributed by atoms with Gasteiger partial charge in [-0.3, -0.25) is 9.69 Å². The lowest BCUT2D eigenvalue weighted by molar-refractivity contribution is -0.117. The fourth-order valence-electron chi connectivity index (χ4n) is 4.52. The molecule has 198 valence electrons. The van der Waals surface area contributed by atoms with Crippen LogP contribution in [0.1, 0.15) is 36.5 Å². The van der Waals surface area contributed by atoms with Crippen LogP contribution in [0.15, 0.2) is 87.7 Å². The number of amides is 1. The first kappa shape index (κ1) is 26.8. The van der Waals surface area contributed by atoms with Crippen LogP contribution in [-0.4, -0.2) is 31.9 Å². The van der Waals surface area contributed by atoms with Gasteiger partial charge in [0.05, 0.1) is 10.8 Å². The zero-order chi connectivity index (χ0) is 27.7. The van der Waals surface area contributed by atoms with Crippen molar-refractivity contribution in [3.63, 3.8) is 0 Å². The second-order valence-electron chi connectivity index (χ2n) is 9.50. The first-order valence-electron chi connectivity index (χ1n) is 11.8. The first-order chi connectivity index (χ1) is 17.8. The summed E-state index contributed by atoms with van der Waals surface area (Å²) in [5.74, 6) is -0.473. The van der Waals surface area contributed by atoms with E-state index in [0.29, 0.717) is 12.1 Å². The molecule has 11 heteroatoms. The third-order valence-electron chi connectivity index (χ3n) is 6.31. The fourth-order valence-corrected chi connectivity index (χ4v) is 4.98. The number of guanidine groups is 2. The Morgan fingerprint density at radius 1 is 1.03 bits per heavy atom. The Labute approximate surface area is 221 Å². The van der Waals surface area contributed by atoms with Crippen molar-refractivity contribution in [1.29, 1.82) is 0 Å². The van der Waals surface area contributed by atoms with Crippen molar-refractivity contribution in [2.24, 2.45) is 21.5 Å². The number of nitrogens with zero attached hydrogens (tertiary/aromatic N) is 3. The molecule has 0 radical (unpaired) electrons. The van der Waals surface area contributed by atoms with Crippen LogP contribution >= 0.6 is 0 Å². The molecule has 5 N–H and O–H groups in total. The molecule has 1 heterocycles. The van der Waals surface area contributed by atoms with E-state index in [1.807, 2.05) is 69.3 Å². The first-order valence-corrected chi connectivity index (χ1v) is 13.2. The van der Waals surface area contributed by atoms with Crippen LogP contribution in [0, 0.1) is 6.92 Å². The highest BCUT2D eigenvalue weighted by molar-refractivity contribution is 7.86. The third kappa shape index (κ3) is 5.83. The molecule has 0 saturated carbocycles. The normalized spacial score (nSPS) is 15.8. The maximum atomic E-state index is 13.5. The molecule has 38 heavy (non-hydrogen) atoms. The van der Waals surface area contributed by atoms with Gasteiger partial charge < -0.3 is 16.8 Å². The van der Waals surface area contributed by atoms with Crippen molar-refractivity contribution in [3.05, 3.63) is 89.5 Å². The summed E-state index contributed by atoms with van der Waals surface area (Å²) in [5.41, 5.74) is 15.0. The van der Waals surface area contributed by atoms with E-state index >= 15 is 0 Å². The summed E-state index contributed by atoms with van der Waals surface area (Å²) in [6.45, 7) is 5.69. The number of nitrogens with two attached hydrogens (primary N) is 2. The van der Waals surface area contributed by atoms with E-state index in [9.17, 15) is 17.1 Å². The third-order valence-corrected chi connectivity index (χ3v) is 7.15. The second kappa shape index (κ2) is 10.3. The highest BCUT2D eigenvalue weighted by Crippen LogP contribution is 2.30. The standard InChI is InChI=1S/C27H29FN6O3S/c1-17-6-4-5-7-22(17)23(24(35)31-19-10-14-21(15-11-19)38(28,36)37)16-18-8-12-20(13-9-18)34-26(30)32-25(29)33-27(34,2)3/h4-15,23H,16H2,1-3H3,(H,31,35)(H4,29,30,32,33)/t23-/m1/s1. The maximum absolute atomic E-state index is 13.5. The molecule has 0 aromatic heterocycles. The van der Waals surface area contributed by atoms with Gasteiger partial charge in [0.25, 0.3) is 0 Å². The van der Waals surface area contributed by atoms with Gasteiger partial charge >= 0.3 is 10.2 Å². The van der Waals surface area contributed by atoms with Crippen LogP contribution in [0.4, 0.5) is 15.3 Å². The van der Waals surface area contributed by atoms with Gasteiger partial charge in [-0.05, 0) is 80.3 Å². The van der Waals surface area contributed by atoms with Gasteiger partial charge in [-0.15, -0.1) is 3.89 Å². The average molecular weight is 537 g/mol. The highest BCUT2D eigenvalue weighted by Gasteiger charge is 2.33. The number of rotatable bonds is 7. The molecule has 3 aromatic carbocycles. The number of halogens is 1. The minimum atomic E-state index is -4.82. The fraction of sp³-hybridized carbons (Fsp3) is 0.222. The van der Waals surface area contributed by atoms with Crippen LogP contribution < -0.4 is 21.7 Å². The van der Waals surface area contributed by atoms with E-state index in [0.717, 1.165) is 34.5 Å². The smallest absolute Gasteiger partial charge is 0.332 e. The molecule has 1 aliphatic heterocycles. The average Bonchev–Trinajstić information content (AvgIpc) is 2.82. The van der Waals surface area contributed by atoms with Crippen LogP contribution in [-0.2, 0) is 21.4 Å². The quantitative estimate of drug-likeness (QED) is 0.392. The molecule has 0 aliphatic carbocycles. The number of carbonyl (C=O) groups excluding carboxylic acids is 1. The lowest BCUT2D eigenvalue weighted by atomic mass is 9.88. The van der Waals surface area contributed by atoms with E-state index in [2.05, 4.69) is 15.3 Å². The van der Waals surface area contributed by atoms with Gasteiger partial charge in [-0.1, -0.05) is 36.4 Å². The van der Waals surface area contributed by atoms with E-state index in [4.69, 9.17) is 11.5 Å². The lowest BCUT2D eigenvalue weighted by Crippen LogP contribution is -2.54. The molecule has 0 spiro atoms. The van der Waals surface area contributed by atoms with Crippen molar-refractivity contribution in [2.75, 3.05) is 10.2 Å². The van der Waals surface area contributed by atoms with Gasteiger partial charge in [0, 0.05) is 11.4 Å². The molecule has 3 aromatic rings. The van der Waals surface area contributed by atoms with Gasteiger partial charge in [0.2, 0.25) is 17.8 Å². The molecule has 1 amide bonds. The molecular formula is C27H29FN6O3S. The van der Waals surface area contributed by atoms with Crippen LogP contribution in [0.5, 0.6) is 0 Å². The number of hydrogen-bond donors (Lipinski definition) is 3. The Bertz CT molecular complexity index is 1520. The summed E-state index contributed by atoms with van der Waals surface area (Å²) in [5, 5.41) is 2.83. The molecule has 1 aliphatic rings. The Morgan fingerprint density at radius 2 is 1.66 bits per heavy atom. The summed E-state index contributed by atoms with van der Waals surface area (Å²) in [6.07, 6.45) is 0.395. The molecule has 0 fully saturated rings. The summed E-state index contributed by atoms with van der Waals surface area (Å²) in [4.78, 5) is 23.2. The molecule has 0 unspecified atom stereocenters. The summed E-state index contributed by atoms with van der Waals surface area (Å²) >= 11 is 0. The van der Waals surface area contributed by atoms with Crippen LogP contribution in [0.3, 0.4) is 0 Å². The molecule has 0 saturated heterocycles. The summed E-state index contributed by atoms with van der Waals surface area (Å²) < 4.78 is 35.5. The molecule has 1 atom stereocenters. The molecule has 0 bridgehead atoms. The van der Waals surface area contributed by atoms with Gasteiger partial charge in [0.15, 0.2) is 0 Å². The topological polar surface area (TPSA) is 143 Å². The van der Waals surface area contributed by atoms with Crippen molar-refractivity contribution in [2.45, 2.75) is 43.7 Å². The predicted octanol–water partition coefficient (Wildman–Crippen LogP) is 3.80. The van der Waals surface area contributed by atoms with E-state index in [1.165, 1.54) is 12.1 Å². The number of aryl methyl sites for hydroxylation is 1.